The second-order valence-corrected chi connectivity index (χ2v) is 5.62. The Kier molecular flexibility index (Phi) is 5.20. The fourth-order valence-corrected chi connectivity index (χ4v) is 2.30. The van der Waals surface area contributed by atoms with Gasteiger partial charge in [0.05, 0.1) is 0 Å². The number of rotatable bonds is 4. The third kappa shape index (κ3) is 4.74. The lowest BCUT2D eigenvalue weighted by molar-refractivity contribution is -0.121. The number of carbonyl (C=O) groups is 1. The SMILES string of the molecule is O=C(CCc1nc2ccccc2o1)NNC(=S)Nc1ccc(F)cc1. The van der Waals surface area contributed by atoms with Crippen LogP contribution in [0.3, 0.4) is 0 Å². The summed E-state index contributed by atoms with van der Waals surface area (Å²) in [6.45, 7) is 0. The number of aryl methyl sites for hydroxylation is 1. The van der Waals surface area contributed by atoms with E-state index in [0.717, 1.165) is 5.52 Å². The third-order valence-corrected chi connectivity index (χ3v) is 3.53. The molecule has 2 aromatic carbocycles. The Balaban J connectivity index is 1.43. The van der Waals surface area contributed by atoms with Crippen LogP contribution >= 0.6 is 12.2 Å². The minimum atomic E-state index is -0.336. The van der Waals surface area contributed by atoms with Crippen molar-refractivity contribution in [3.05, 3.63) is 60.2 Å². The van der Waals surface area contributed by atoms with Crippen molar-refractivity contribution in [2.24, 2.45) is 0 Å². The molecule has 0 aliphatic rings. The van der Waals surface area contributed by atoms with Crippen LogP contribution in [-0.2, 0) is 11.2 Å². The number of halogens is 1. The van der Waals surface area contributed by atoms with Gasteiger partial charge in [-0.2, -0.15) is 0 Å². The summed E-state index contributed by atoms with van der Waals surface area (Å²) in [7, 11) is 0. The molecule has 0 aliphatic carbocycles. The first kappa shape index (κ1) is 16.8. The van der Waals surface area contributed by atoms with E-state index in [4.69, 9.17) is 16.6 Å². The van der Waals surface area contributed by atoms with Crippen LogP contribution in [0.2, 0.25) is 0 Å². The van der Waals surface area contributed by atoms with Crippen LogP contribution in [0.4, 0.5) is 10.1 Å². The molecule has 1 heterocycles. The molecule has 3 aromatic rings. The van der Waals surface area contributed by atoms with Crippen molar-refractivity contribution in [1.82, 2.24) is 15.8 Å². The Hall–Kier alpha value is -3.00. The molecule has 0 saturated carbocycles. The second kappa shape index (κ2) is 7.71. The molecule has 0 radical (unpaired) electrons. The molecule has 0 unspecified atom stereocenters. The van der Waals surface area contributed by atoms with Crippen molar-refractivity contribution in [3.63, 3.8) is 0 Å². The van der Waals surface area contributed by atoms with Gasteiger partial charge in [-0.3, -0.25) is 15.6 Å². The molecule has 0 aliphatic heterocycles. The van der Waals surface area contributed by atoms with Crippen LogP contribution in [-0.4, -0.2) is 16.0 Å². The van der Waals surface area contributed by atoms with Crippen molar-refractivity contribution < 1.29 is 13.6 Å². The Morgan fingerprint density at radius 2 is 1.88 bits per heavy atom. The average molecular weight is 358 g/mol. The summed E-state index contributed by atoms with van der Waals surface area (Å²) in [5.41, 5.74) is 7.14. The maximum absolute atomic E-state index is 12.8. The first-order valence-corrected chi connectivity index (χ1v) is 7.97. The van der Waals surface area contributed by atoms with Gasteiger partial charge in [0.25, 0.3) is 0 Å². The van der Waals surface area contributed by atoms with Crippen LogP contribution in [0.25, 0.3) is 11.1 Å². The maximum Gasteiger partial charge on any atom is 0.238 e. The molecule has 128 valence electrons. The number of benzene rings is 2. The van der Waals surface area contributed by atoms with Crippen molar-refractivity contribution in [2.45, 2.75) is 12.8 Å². The quantitative estimate of drug-likeness (QED) is 0.492. The zero-order valence-corrected chi connectivity index (χ0v) is 13.9. The number of hydrogen-bond acceptors (Lipinski definition) is 4. The zero-order chi connectivity index (χ0) is 17.6. The highest BCUT2D eigenvalue weighted by Crippen LogP contribution is 2.15. The summed E-state index contributed by atoms with van der Waals surface area (Å²) in [5, 5.41) is 3.02. The Morgan fingerprint density at radius 3 is 2.64 bits per heavy atom. The minimum absolute atomic E-state index is 0.193. The van der Waals surface area contributed by atoms with Crippen molar-refractivity contribution in [1.29, 1.82) is 0 Å². The summed E-state index contributed by atoms with van der Waals surface area (Å²) in [4.78, 5) is 16.2. The smallest absolute Gasteiger partial charge is 0.238 e. The van der Waals surface area contributed by atoms with E-state index in [9.17, 15) is 9.18 Å². The van der Waals surface area contributed by atoms with Gasteiger partial charge in [-0.25, -0.2) is 9.37 Å². The standard InChI is InChI=1S/C17H15FN4O2S/c18-11-5-7-12(8-6-11)19-17(25)22-21-15(23)9-10-16-20-13-3-1-2-4-14(13)24-16/h1-8H,9-10H2,(H,21,23)(H2,19,22,25). The van der Waals surface area contributed by atoms with Gasteiger partial charge in [-0.05, 0) is 48.6 Å². The van der Waals surface area contributed by atoms with E-state index in [2.05, 4.69) is 21.2 Å². The summed E-state index contributed by atoms with van der Waals surface area (Å²) in [5.74, 6) is -0.0918. The Morgan fingerprint density at radius 1 is 1.12 bits per heavy atom. The van der Waals surface area contributed by atoms with Crippen LogP contribution < -0.4 is 16.2 Å². The fourth-order valence-electron chi connectivity index (χ4n) is 2.13. The van der Waals surface area contributed by atoms with Gasteiger partial charge in [-0.15, -0.1) is 0 Å². The number of thiocarbonyl (C=S) groups is 1. The lowest BCUT2D eigenvalue weighted by Crippen LogP contribution is -2.43. The summed E-state index contributed by atoms with van der Waals surface area (Å²) in [6, 6.07) is 13.1. The molecule has 1 amide bonds. The highest BCUT2D eigenvalue weighted by Gasteiger charge is 2.08. The minimum Gasteiger partial charge on any atom is -0.441 e. The number of aromatic nitrogens is 1. The first-order chi connectivity index (χ1) is 12.1. The Bertz CT molecular complexity index is 862. The van der Waals surface area contributed by atoms with Crippen LogP contribution in [0.15, 0.2) is 52.9 Å². The van der Waals surface area contributed by atoms with E-state index >= 15 is 0 Å². The molecule has 1 aromatic heterocycles. The molecule has 6 nitrogen and oxygen atoms in total. The van der Waals surface area contributed by atoms with Gasteiger partial charge in [0.2, 0.25) is 5.91 Å². The van der Waals surface area contributed by atoms with Crippen molar-refractivity contribution in [3.8, 4) is 0 Å². The fraction of sp³-hybridized carbons (Fsp3) is 0.118. The molecule has 3 rings (SSSR count). The average Bonchev–Trinajstić information content (AvgIpc) is 3.03. The predicted molar refractivity (Wildman–Crippen MR) is 96.2 cm³/mol. The monoisotopic (exact) mass is 358 g/mol. The van der Waals surface area contributed by atoms with Gasteiger partial charge in [-0.1, -0.05) is 12.1 Å². The van der Waals surface area contributed by atoms with E-state index in [0.29, 0.717) is 23.6 Å². The highest BCUT2D eigenvalue weighted by atomic mass is 32.1. The molecule has 0 saturated heterocycles. The number of oxazole rings is 1. The molecule has 3 N–H and O–H groups in total. The predicted octanol–water partition coefficient (Wildman–Crippen LogP) is 2.92. The topological polar surface area (TPSA) is 79.2 Å². The van der Waals surface area contributed by atoms with E-state index in [1.807, 2.05) is 24.3 Å². The number of hydrogen-bond donors (Lipinski definition) is 3. The maximum atomic E-state index is 12.8. The summed E-state index contributed by atoms with van der Waals surface area (Å²) >= 11 is 5.05. The normalized spacial score (nSPS) is 10.4. The number of amides is 1. The van der Waals surface area contributed by atoms with Crippen molar-refractivity contribution >= 4 is 40.0 Å². The number of nitrogens with one attached hydrogen (secondary N) is 3. The van der Waals surface area contributed by atoms with Crippen LogP contribution in [0.5, 0.6) is 0 Å². The van der Waals surface area contributed by atoms with E-state index < -0.39 is 0 Å². The molecule has 8 heteroatoms. The molecule has 0 spiro atoms. The second-order valence-electron chi connectivity index (χ2n) is 5.21. The van der Waals surface area contributed by atoms with Crippen molar-refractivity contribution in [2.75, 3.05) is 5.32 Å². The highest BCUT2D eigenvalue weighted by molar-refractivity contribution is 7.80. The number of para-hydroxylation sites is 2. The summed E-state index contributed by atoms with van der Waals surface area (Å²) in [6.07, 6.45) is 0.569. The molecular weight excluding hydrogens is 343 g/mol. The largest absolute Gasteiger partial charge is 0.441 e. The van der Waals surface area contributed by atoms with Crippen LogP contribution in [0.1, 0.15) is 12.3 Å². The molecule has 0 bridgehead atoms. The number of fused-ring (bicyclic) bond motifs is 1. The van der Waals surface area contributed by atoms with Gasteiger partial charge in [0.15, 0.2) is 16.6 Å². The lowest BCUT2D eigenvalue weighted by Gasteiger charge is -2.11. The van der Waals surface area contributed by atoms with Gasteiger partial charge in [0, 0.05) is 18.5 Å². The number of nitrogens with zero attached hydrogens (tertiary/aromatic N) is 1. The number of hydrazine groups is 1. The molecule has 25 heavy (non-hydrogen) atoms. The zero-order valence-electron chi connectivity index (χ0n) is 13.1. The first-order valence-electron chi connectivity index (χ1n) is 7.56. The molecule has 0 atom stereocenters. The Labute approximate surface area is 148 Å². The summed E-state index contributed by atoms with van der Waals surface area (Å²) < 4.78 is 18.4. The van der Waals surface area contributed by atoms with Gasteiger partial charge in [0.1, 0.15) is 11.3 Å². The molecule has 0 fully saturated rings. The van der Waals surface area contributed by atoms with Crippen LogP contribution in [0, 0.1) is 5.82 Å². The number of carbonyl (C=O) groups excluding carboxylic acids is 1. The van der Waals surface area contributed by atoms with Gasteiger partial charge >= 0.3 is 0 Å². The van der Waals surface area contributed by atoms with E-state index in [1.165, 1.54) is 12.1 Å². The lowest BCUT2D eigenvalue weighted by atomic mass is 10.3. The number of anilines is 1. The van der Waals surface area contributed by atoms with Gasteiger partial charge < -0.3 is 9.73 Å². The van der Waals surface area contributed by atoms with E-state index in [1.54, 1.807) is 12.1 Å². The third-order valence-electron chi connectivity index (χ3n) is 3.32. The molecular formula is C17H15FN4O2S. The van der Waals surface area contributed by atoms with E-state index in [-0.39, 0.29) is 23.3 Å².